The lowest BCUT2D eigenvalue weighted by Gasteiger charge is -2.03. The molecule has 2 aromatic rings. The number of anilines is 1. The fraction of sp³-hybridized carbons (Fsp3) is 0.200. The molecular weight excluding hydrogens is 290 g/mol. The summed E-state index contributed by atoms with van der Waals surface area (Å²) in [5.74, 6) is 0.863. The molecule has 1 heterocycles. The number of methoxy groups -OCH3 is 1. The largest absolute Gasteiger partial charge is 0.497 e. The highest BCUT2D eigenvalue weighted by Crippen LogP contribution is 2.17. The van der Waals surface area contributed by atoms with Crippen molar-refractivity contribution >= 4 is 32.6 Å². The Balaban J connectivity index is 1.94. The van der Waals surface area contributed by atoms with Crippen molar-refractivity contribution in [2.45, 2.75) is 6.54 Å². The Hall–Kier alpha value is -1.14. The van der Waals surface area contributed by atoms with Crippen LogP contribution < -0.4 is 10.1 Å². The predicted molar refractivity (Wildman–Crippen MR) is 67.9 cm³/mol. The van der Waals surface area contributed by atoms with Gasteiger partial charge in [-0.3, -0.25) is 0 Å². The number of rotatable bonds is 4. The zero-order valence-corrected chi connectivity index (χ0v) is 11.0. The maximum absolute atomic E-state index is 5.09. The van der Waals surface area contributed by atoms with Crippen LogP contribution in [0.5, 0.6) is 5.75 Å². The summed E-state index contributed by atoms with van der Waals surface area (Å²) in [5, 5.41) is 4.00. The molecule has 0 bridgehead atoms. The van der Waals surface area contributed by atoms with E-state index in [9.17, 15) is 0 Å². The minimum atomic E-state index is 0.620. The lowest BCUT2D eigenvalue weighted by molar-refractivity contribution is 0.414. The molecule has 0 radical (unpaired) electrons. The van der Waals surface area contributed by atoms with Gasteiger partial charge in [-0.1, -0.05) is 12.1 Å². The van der Waals surface area contributed by atoms with Crippen molar-refractivity contribution < 1.29 is 4.74 Å². The molecule has 0 unspecified atom stereocenters. The van der Waals surface area contributed by atoms with E-state index >= 15 is 0 Å². The zero-order valence-electron chi connectivity index (χ0n) is 8.61. The topological polar surface area (TPSA) is 47.0 Å². The first-order chi connectivity index (χ1) is 7.78. The summed E-state index contributed by atoms with van der Waals surface area (Å²) in [6.07, 6.45) is 0. The molecular formula is C10H10BrN3OS. The number of hydrogen-bond donors (Lipinski definition) is 1. The van der Waals surface area contributed by atoms with E-state index in [-0.39, 0.29) is 0 Å². The van der Waals surface area contributed by atoms with E-state index in [1.54, 1.807) is 7.11 Å². The van der Waals surface area contributed by atoms with Crippen LogP contribution in [0.15, 0.2) is 29.0 Å². The molecule has 0 amide bonds. The molecule has 0 saturated carbocycles. The molecule has 16 heavy (non-hydrogen) atoms. The van der Waals surface area contributed by atoms with Gasteiger partial charge >= 0.3 is 0 Å². The number of aromatic nitrogens is 2. The summed E-state index contributed by atoms with van der Waals surface area (Å²) in [6, 6.07) is 7.91. The summed E-state index contributed by atoms with van der Waals surface area (Å²) in [4.78, 5) is 4.15. The minimum absolute atomic E-state index is 0.620. The fourth-order valence-electron chi connectivity index (χ4n) is 1.20. The molecule has 1 aromatic carbocycles. The van der Waals surface area contributed by atoms with Crippen LogP contribution in [-0.4, -0.2) is 16.5 Å². The summed E-state index contributed by atoms with van der Waals surface area (Å²) in [5.41, 5.74) is 1.17. The standard InChI is InChI=1S/C10H10BrN3OS/c1-15-8-4-2-7(3-5-8)6-12-10-13-9(11)14-16-10/h2-5H,6H2,1H3,(H,12,13,14). The van der Waals surface area contributed by atoms with Gasteiger partial charge in [0.15, 0.2) is 0 Å². The van der Waals surface area contributed by atoms with Gasteiger partial charge < -0.3 is 10.1 Å². The smallest absolute Gasteiger partial charge is 0.210 e. The second-order valence-electron chi connectivity index (χ2n) is 3.07. The molecule has 0 spiro atoms. The highest BCUT2D eigenvalue weighted by atomic mass is 79.9. The van der Waals surface area contributed by atoms with Crippen molar-refractivity contribution in [1.82, 2.24) is 9.36 Å². The number of halogens is 1. The third-order valence-corrected chi connectivity index (χ3v) is 3.27. The molecule has 0 aliphatic carbocycles. The Bertz CT molecular complexity index is 457. The molecule has 0 saturated heterocycles. The van der Waals surface area contributed by atoms with Crippen LogP contribution >= 0.6 is 27.5 Å². The number of nitrogens with one attached hydrogen (secondary N) is 1. The van der Waals surface area contributed by atoms with Gasteiger partial charge in [-0.05, 0) is 33.6 Å². The summed E-state index contributed by atoms with van der Waals surface area (Å²) in [7, 11) is 1.66. The van der Waals surface area contributed by atoms with Crippen LogP contribution in [0.4, 0.5) is 5.13 Å². The molecule has 4 nitrogen and oxygen atoms in total. The van der Waals surface area contributed by atoms with Gasteiger partial charge in [0, 0.05) is 18.1 Å². The molecule has 1 N–H and O–H groups in total. The summed E-state index contributed by atoms with van der Waals surface area (Å²) in [6.45, 7) is 0.728. The SMILES string of the molecule is COc1ccc(CNc2nc(Br)ns2)cc1. The third-order valence-electron chi connectivity index (χ3n) is 2.00. The predicted octanol–water partition coefficient (Wildman–Crippen LogP) is 2.92. The summed E-state index contributed by atoms with van der Waals surface area (Å²) >= 11 is 4.54. The van der Waals surface area contributed by atoms with Gasteiger partial charge in [-0.25, -0.2) is 0 Å². The van der Waals surface area contributed by atoms with Gasteiger partial charge in [0.25, 0.3) is 0 Å². The lowest BCUT2D eigenvalue weighted by atomic mass is 10.2. The van der Waals surface area contributed by atoms with Crippen LogP contribution in [0.1, 0.15) is 5.56 Å². The van der Waals surface area contributed by atoms with E-state index in [1.165, 1.54) is 17.1 Å². The Kier molecular flexibility index (Phi) is 3.74. The number of hydrogen-bond acceptors (Lipinski definition) is 5. The Morgan fingerprint density at radius 2 is 2.12 bits per heavy atom. The lowest BCUT2D eigenvalue weighted by Crippen LogP contribution is -1.98. The van der Waals surface area contributed by atoms with Crippen LogP contribution in [0.2, 0.25) is 0 Å². The van der Waals surface area contributed by atoms with Gasteiger partial charge in [0.2, 0.25) is 9.87 Å². The second kappa shape index (κ2) is 5.27. The molecule has 0 fully saturated rings. The number of ether oxygens (including phenoxy) is 1. The normalized spacial score (nSPS) is 10.1. The van der Waals surface area contributed by atoms with E-state index in [1.807, 2.05) is 24.3 Å². The molecule has 84 valence electrons. The fourth-order valence-corrected chi connectivity index (χ4v) is 2.18. The first kappa shape index (κ1) is 11.3. The van der Waals surface area contributed by atoms with E-state index in [4.69, 9.17) is 4.74 Å². The Labute approximate surface area is 106 Å². The molecule has 2 rings (SSSR count). The molecule has 0 aliphatic heterocycles. The number of nitrogens with zero attached hydrogens (tertiary/aromatic N) is 2. The highest BCUT2D eigenvalue weighted by molar-refractivity contribution is 9.10. The van der Waals surface area contributed by atoms with E-state index in [2.05, 4.69) is 30.6 Å². The van der Waals surface area contributed by atoms with Crippen LogP contribution in [0, 0.1) is 0 Å². The number of benzene rings is 1. The minimum Gasteiger partial charge on any atom is -0.497 e. The van der Waals surface area contributed by atoms with E-state index < -0.39 is 0 Å². The van der Waals surface area contributed by atoms with Crippen molar-refractivity contribution in [1.29, 1.82) is 0 Å². The van der Waals surface area contributed by atoms with E-state index in [0.29, 0.717) is 4.73 Å². The maximum Gasteiger partial charge on any atom is 0.210 e. The first-order valence-electron chi connectivity index (χ1n) is 4.64. The van der Waals surface area contributed by atoms with E-state index in [0.717, 1.165) is 17.4 Å². The second-order valence-corrected chi connectivity index (χ2v) is 4.53. The Morgan fingerprint density at radius 1 is 1.38 bits per heavy atom. The monoisotopic (exact) mass is 299 g/mol. The van der Waals surface area contributed by atoms with Crippen molar-refractivity contribution in [2.24, 2.45) is 0 Å². The molecule has 0 aliphatic rings. The maximum atomic E-state index is 5.09. The Morgan fingerprint density at radius 3 is 2.69 bits per heavy atom. The van der Waals surface area contributed by atoms with Gasteiger partial charge in [-0.15, -0.1) is 0 Å². The average Bonchev–Trinajstić information content (AvgIpc) is 2.73. The van der Waals surface area contributed by atoms with Crippen molar-refractivity contribution in [2.75, 3.05) is 12.4 Å². The van der Waals surface area contributed by atoms with Gasteiger partial charge in [0.05, 0.1) is 7.11 Å². The highest BCUT2D eigenvalue weighted by Gasteiger charge is 2.00. The third kappa shape index (κ3) is 2.93. The van der Waals surface area contributed by atoms with Crippen LogP contribution in [-0.2, 0) is 6.54 Å². The zero-order chi connectivity index (χ0) is 11.4. The van der Waals surface area contributed by atoms with Crippen LogP contribution in [0.25, 0.3) is 0 Å². The van der Waals surface area contributed by atoms with Gasteiger partial charge in [-0.2, -0.15) is 9.36 Å². The van der Waals surface area contributed by atoms with Crippen molar-refractivity contribution in [3.05, 3.63) is 34.6 Å². The molecule has 1 aromatic heterocycles. The van der Waals surface area contributed by atoms with Crippen LogP contribution in [0.3, 0.4) is 0 Å². The van der Waals surface area contributed by atoms with Crippen molar-refractivity contribution in [3.63, 3.8) is 0 Å². The molecule has 0 atom stereocenters. The summed E-state index contributed by atoms with van der Waals surface area (Å²) < 4.78 is 9.73. The van der Waals surface area contributed by atoms with Gasteiger partial charge in [0.1, 0.15) is 5.75 Å². The van der Waals surface area contributed by atoms with Crippen molar-refractivity contribution in [3.8, 4) is 5.75 Å². The average molecular weight is 300 g/mol. The molecule has 6 heteroatoms. The first-order valence-corrected chi connectivity index (χ1v) is 6.20. The quantitative estimate of drug-likeness (QED) is 0.943.